The molecule has 1 unspecified atom stereocenters. The average molecular weight is 179 g/mol. The maximum absolute atomic E-state index is 11.3. The van der Waals surface area contributed by atoms with E-state index in [4.69, 9.17) is 0 Å². The Hall–Kier alpha value is -1.45. The molecule has 1 atom stereocenters. The number of carbonyl (C=O) groups is 1. The Labute approximate surface area is 76.9 Å². The highest BCUT2D eigenvalue weighted by Crippen LogP contribution is 2.18. The van der Waals surface area contributed by atoms with Crippen molar-refractivity contribution in [3.05, 3.63) is 24.0 Å². The van der Waals surface area contributed by atoms with Gasteiger partial charge in [-0.2, -0.15) is 0 Å². The van der Waals surface area contributed by atoms with E-state index < -0.39 is 0 Å². The molecule has 0 saturated carbocycles. The molecule has 2 rings (SSSR count). The lowest BCUT2D eigenvalue weighted by atomic mass is 10.2. The molecule has 4 nitrogen and oxygen atoms in total. The molecule has 0 aliphatic carbocycles. The SMILES string of the molecule is CCN1CC(c2cc[nH]c2)NC1=O. The van der Waals surface area contributed by atoms with Gasteiger partial charge in [0, 0.05) is 25.5 Å². The van der Waals surface area contributed by atoms with Crippen LogP contribution in [0.15, 0.2) is 18.5 Å². The van der Waals surface area contributed by atoms with Gasteiger partial charge < -0.3 is 15.2 Å². The van der Waals surface area contributed by atoms with Crippen molar-refractivity contribution in [3.8, 4) is 0 Å². The van der Waals surface area contributed by atoms with Crippen LogP contribution < -0.4 is 5.32 Å². The molecule has 0 aromatic carbocycles. The standard InChI is InChI=1S/C9H13N3O/c1-2-12-6-8(11-9(12)13)7-3-4-10-5-7/h3-5,8,10H,2,6H2,1H3,(H,11,13). The molecular weight excluding hydrogens is 166 g/mol. The highest BCUT2D eigenvalue weighted by atomic mass is 16.2. The molecule has 4 heteroatoms. The normalized spacial score (nSPS) is 22.1. The molecule has 2 heterocycles. The molecule has 1 aromatic rings. The minimum Gasteiger partial charge on any atom is -0.367 e. The summed E-state index contributed by atoms with van der Waals surface area (Å²) in [6.45, 7) is 3.53. The summed E-state index contributed by atoms with van der Waals surface area (Å²) in [5.74, 6) is 0. The van der Waals surface area contributed by atoms with Crippen molar-refractivity contribution >= 4 is 6.03 Å². The Kier molecular flexibility index (Phi) is 1.96. The smallest absolute Gasteiger partial charge is 0.318 e. The van der Waals surface area contributed by atoms with E-state index in [-0.39, 0.29) is 12.1 Å². The van der Waals surface area contributed by atoms with Gasteiger partial charge in [0.1, 0.15) is 0 Å². The van der Waals surface area contributed by atoms with Crippen LogP contribution in [0.25, 0.3) is 0 Å². The van der Waals surface area contributed by atoms with Gasteiger partial charge in [-0.05, 0) is 18.6 Å². The Morgan fingerprint density at radius 1 is 1.69 bits per heavy atom. The van der Waals surface area contributed by atoms with Gasteiger partial charge in [-0.1, -0.05) is 0 Å². The monoisotopic (exact) mass is 179 g/mol. The lowest BCUT2D eigenvalue weighted by Gasteiger charge is -2.09. The Bertz CT molecular complexity index is 294. The largest absolute Gasteiger partial charge is 0.367 e. The van der Waals surface area contributed by atoms with Crippen molar-refractivity contribution < 1.29 is 4.79 Å². The zero-order valence-electron chi connectivity index (χ0n) is 7.58. The van der Waals surface area contributed by atoms with E-state index in [0.717, 1.165) is 18.7 Å². The van der Waals surface area contributed by atoms with Crippen LogP contribution in [0.3, 0.4) is 0 Å². The minimum atomic E-state index is 0.0358. The van der Waals surface area contributed by atoms with Gasteiger partial charge in [-0.3, -0.25) is 0 Å². The fourth-order valence-corrected chi connectivity index (χ4v) is 1.60. The number of amides is 2. The molecule has 1 aliphatic heterocycles. The number of hydrogen-bond donors (Lipinski definition) is 2. The molecule has 0 radical (unpaired) electrons. The van der Waals surface area contributed by atoms with Crippen LogP contribution in [0.5, 0.6) is 0 Å². The first-order chi connectivity index (χ1) is 6.31. The summed E-state index contributed by atoms with van der Waals surface area (Å²) in [5, 5.41) is 2.92. The van der Waals surface area contributed by atoms with Crippen LogP contribution in [0, 0.1) is 0 Å². The second-order valence-electron chi connectivity index (χ2n) is 3.19. The van der Waals surface area contributed by atoms with Crippen molar-refractivity contribution in [2.75, 3.05) is 13.1 Å². The molecule has 0 bridgehead atoms. The Morgan fingerprint density at radius 3 is 3.08 bits per heavy atom. The third-order valence-electron chi connectivity index (χ3n) is 2.39. The number of carbonyl (C=O) groups excluding carboxylic acids is 1. The molecule has 13 heavy (non-hydrogen) atoms. The predicted molar refractivity (Wildman–Crippen MR) is 49.3 cm³/mol. The van der Waals surface area contributed by atoms with Gasteiger partial charge >= 0.3 is 6.03 Å². The van der Waals surface area contributed by atoms with Gasteiger partial charge in [0.25, 0.3) is 0 Å². The third kappa shape index (κ3) is 1.39. The van der Waals surface area contributed by atoms with Crippen molar-refractivity contribution in [3.63, 3.8) is 0 Å². The van der Waals surface area contributed by atoms with Crippen molar-refractivity contribution in [1.82, 2.24) is 15.2 Å². The van der Waals surface area contributed by atoms with Gasteiger partial charge in [0.05, 0.1) is 6.04 Å². The zero-order valence-corrected chi connectivity index (χ0v) is 7.58. The number of nitrogens with one attached hydrogen (secondary N) is 2. The highest BCUT2D eigenvalue weighted by molar-refractivity contribution is 5.77. The quantitative estimate of drug-likeness (QED) is 0.701. The van der Waals surface area contributed by atoms with Crippen molar-refractivity contribution in [2.45, 2.75) is 13.0 Å². The fourth-order valence-electron chi connectivity index (χ4n) is 1.60. The van der Waals surface area contributed by atoms with E-state index in [1.807, 2.05) is 25.4 Å². The summed E-state index contributed by atoms with van der Waals surface area (Å²) in [4.78, 5) is 16.1. The molecule has 1 saturated heterocycles. The first-order valence-electron chi connectivity index (χ1n) is 4.49. The summed E-state index contributed by atoms with van der Waals surface area (Å²) in [6, 6.07) is 2.18. The van der Waals surface area contributed by atoms with E-state index in [1.54, 1.807) is 4.90 Å². The lowest BCUT2D eigenvalue weighted by molar-refractivity contribution is 0.219. The summed E-state index contributed by atoms with van der Waals surface area (Å²) in [7, 11) is 0. The van der Waals surface area contributed by atoms with Gasteiger partial charge in [-0.15, -0.1) is 0 Å². The summed E-state index contributed by atoms with van der Waals surface area (Å²) in [6.07, 6.45) is 3.79. The molecule has 2 amide bonds. The number of hydrogen-bond acceptors (Lipinski definition) is 1. The number of aromatic amines is 1. The van der Waals surface area contributed by atoms with Gasteiger partial charge in [-0.25, -0.2) is 4.79 Å². The van der Waals surface area contributed by atoms with E-state index in [1.165, 1.54) is 0 Å². The Morgan fingerprint density at radius 2 is 2.54 bits per heavy atom. The van der Waals surface area contributed by atoms with Crippen LogP contribution in [0.1, 0.15) is 18.5 Å². The molecule has 2 N–H and O–H groups in total. The summed E-state index contributed by atoms with van der Waals surface area (Å²) >= 11 is 0. The van der Waals surface area contributed by atoms with E-state index >= 15 is 0 Å². The topological polar surface area (TPSA) is 48.1 Å². The van der Waals surface area contributed by atoms with E-state index in [0.29, 0.717) is 0 Å². The first-order valence-corrected chi connectivity index (χ1v) is 4.49. The lowest BCUT2D eigenvalue weighted by Crippen LogP contribution is -2.27. The molecule has 1 aliphatic rings. The number of rotatable bonds is 2. The van der Waals surface area contributed by atoms with Gasteiger partial charge in [0.2, 0.25) is 0 Å². The van der Waals surface area contributed by atoms with Crippen LogP contribution >= 0.6 is 0 Å². The van der Waals surface area contributed by atoms with Gasteiger partial charge in [0.15, 0.2) is 0 Å². The average Bonchev–Trinajstić information content (AvgIpc) is 2.71. The molecule has 1 aromatic heterocycles. The molecule has 0 spiro atoms. The van der Waals surface area contributed by atoms with Crippen molar-refractivity contribution in [1.29, 1.82) is 0 Å². The minimum absolute atomic E-state index is 0.0358. The first kappa shape index (κ1) is 8.16. The van der Waals surface area contributed by atoms with Crippen LogP contribution in [0.2, 0.25) is 0 Å². The fraction of sp³-hybridized carbons (Fsp3) is 0.444. The summed E-state index contributed by atoms with van der Waals surface area (Å²) in [5.41, 5.74) is 1.14. The second kappa shape index (κ2) is 3.12. The van der Waals surface area contributed by atoms with Crippen LogP contribution in [0.4, 0.5) is 4.79 Å². The molecule has 70 valence electrons. The zero-order chi connectivity index (χ0) is 9.26. The van der Waals surface area contributed by atoms with E-state index in [2.05, 4.69) is 10.3 Å². The molecule has 1 fully saturated rings. The van der Waals surface area contributed by atoms with Crippen LogP contribution in [-0.4, -0.2) is 29.0 Å². The number of H-pyrrole nitrogens is 1. The number of nitrogens with zero attached hydrogens (tertiary/aromatic N) is 1. The third-order valence-corrected chi connectivity index (χ3v) is 2.39. The number of likely N-dealkylation sites (N-methyl/N-ethyl adjacent to an activating group) is 1. The predicted octanol–water partition coefficient (Wildman–Crippen LogP) is 1.10. The number of urea groups is 1. The van der Waals surface area contributed by atoms with Crippen LogP contribution in [-0.2, 0) is 0 Å². The maximum atomic E-state index is 11.3. The van der Waals surface area contributed by atoms with E-state index in [9.17, 15) is 4.79 Å². The Balaban J connectivity index is 2.10. The number of aromatic nitrogens is 1. The highest BCUT2D eigenvalue weighted by Gasteiger charge is 2.28. The second-order valence-corrected chi connectivity index (χ2v) is 3.19. The maximum Gasteiger partial charge on any atom is 0.318 e. The van der Waals surface area contributed by atoms with Crippen molar-refractivity contribution in [2.24, 2.45) is 0 Å². The summed E-state index contributed by atoms with van der Waals surface area (Å²) < 4.78 is 0. The molecular formula is C9H13N3O.